The molecule has 154 valence electrons. The summed E-state index contributed by atoms with van der Waals surface area (Å²) in [7, 11) is 0. The lowest BCUT2D eigenvalue weighted by molar-refractivity contribution is 0.216. The van der Waals surface area contributed by atoms with Crippen LogP contribution in [0.2, 0.25) is 0 Å². The number of rotatable bonds is 11. The molecule has 0 aromatic carbocycles. The lowest BCUT2D eigenvalue weighted by atomic mass is 9.76. The Labute approximate surface area is 166 Å². The molecule has 2 saturated carbocycles. The molecule has 2 fully saturated rings. The Morgan fingerprint density at radius 3 is 2.27 bits per heavy atom. The SMILES string of the molecule is CCCC(C)C1CCCC(CC(CCC2CC2C)C(C)CC(C)C)CC1. The van der Waals surface area contributed by atoms with Crippen molar-refractivity contribution in [2.75, 3.05) is 0 Å². The predicted octanol–water partition coefficient (Wildman–Crippen LogP) is 8.74. The largest absolute Gasteiger partial charge is 0.0654 e. The molecule has 2 aliphatic rings. The minimum absolute atomic E-state index is 0.862. The summed E-state index contributed by atoms with van der Waals surface area (Å²) in [5.41, 5.74) is 0. The molecular weight excluding hydrogens is 312 g/mol. The maximum Gasteiger partial charge on any atom is -0.0386 e. The minimum atomic E-state index is 0.862. The van der Waals surface area contributed by atoms with Gasteiger partial charge in [-0.15, -0.1) is 0 Å². The van der Waals surface area contributed by atoms with E-state index < -0.39 is 0 Å². The first-order valence-corrected chi connectivity index (χ1v) is 12.4. The third-order valence-corrected chi connectivity index (χ3v) is 8.15. The van der Waals surface area contributed by atoms with Crippen molar-refractivity contribution < 1.29 is 0 Å². The van der Waals surface area contributed by atoms with Gasteiger partial charge in [0.05, 0.1) is 0 Å². The van der Waals surface area contributed by atoms with E-state index in [1.807, 2.05) is 0 Å². The highest BCUT2D eigenvalue weighted by Gasteiger charge is 2.34. The van der Waals surface area contributed by atoms with Crippen molar-refractivity contribution in [3.8, 4) is 0 Å². The molecule has 0 bridgehead atoms. The summed E-state index contributed by atoms with van der Waals surface area (Å²) in [6, 6.07) is 0. The van der Waals surface area contributed by atoms with Gasteiger partial charge in [0.1, 0.15) is 0 Å². The number of hydrogen-bond acceptors (Lipinski definition) is 0. The topological polar surface area (TPSA) is 0 Å². The van der Waals surface area contributed by atoms with E-state index in [0.717, 1.165) is 47.3 Å². The molecule has 0 aromatic rings. The van der Waals surface area contributed by atoms with Gasteiger partial charge >= 0.3 is 0 Å². The van der Waals surface area contributed by atoms with Crippen LogP contribution in [0.25, 0.3) is 0 Å². The zero-order chi connectivity index (χ0) is 19.1. The second kappa shape index (κ2) is 11.1. The Morgan fingerprint density at radius 1 is 0.923 bits per heavy atom. The van der Waals surface area contributed by atoms with Crippen LogP contribution in [0.3, 0.4) is 0 Å². The summed E-state index contributed by atoms with van der Waals surface area (Å²) in [4.78, 5) is 0. The van der Waals surface area contributed by atoms with E-state index in [4.69, 9.17) is 0 Å². The maximum atomic E-state index is 2.57. The van der Waals surface area contributed by atoms with E-state index in [2.05, 4.69) is 41.5 Å². The minimum Gasteiger partial charge on any atom is -0.0654 e. The van der Waals surface area contributed by atoms with Gasteiger partial charge in [0.25, 0.3) is 0 Å². The van der Waals surface area contributed by atoms with Crippen LogP contribution in [-0.2, 0) is 0 Å². The molecule has 0 aromatic heterocycles. The molecule has 0 amide bonds. The molecule has 7 atom stereocenters. The summed E-state index contributed by atoms with van der Waals surface area (Å²) in [5.74, 6) is 7.93. The Morgan fingerprint density at radius 2 is 1.65 bits per heavy atom. The quantitative estimate of drug-likeness (QED) is 0.322. The molecule has 2 rings (SSSR count). The average Bonchev–Trinajstić information content (AvgIpc) is 3.32. The van der Waals surface area contributed by atoms with Gasteiger partial charge in [-0.05, 0) is 85.9 Å². The van der Waals surface area contributed by atoms with Gasteiger partial charge < -0.3 is 0 Å². The molecular formula is C26H50. The summed E-state index contributed by atoms with van der Waals surface area (Å²) >= 11 is 0. The first-order valence-electron chi connectivity index (χ1n) is 12.4. The molecule has 0 saturated heterocycles. The molecule has 0 spiro atoms. The van der Waals surface area contributed by atoms with E-state index in [-0.39, 0.29) is 0 Å². The Bertz CT molecular complexity index is 370. The van der Waals surface area contributed by atoms with Crippen LogP contribution in [-0.4, -0.2) is 0 Å². The van der Waals surface area contributed by atoms with Crippen molar-refractivity contribution in [3.05, 3.63) is 0 Å². The van der Waals surface area contributed by atoms with E-state index >= 15 is 0 Å². The zero-order valence-corrected chi connectivity index (χ0v) is 19.1. The normalized spacial score (nSPS) is 32.9. The van der Waals surface area contributed by atoms with Crippen molar-refractivity contribution in [2.24, 2.45) is 47.3 Å². The van der Waals surface area contributed by atoms with Crippen molar-refractivity contribution >= 4 is 0 Å². The molecule has 26 heavy (non-hydrogen) atoms. The van der Waals surface area contributed by atoms with E-state index in [9.17, 15) is 0 Å². The van der Waals surface area contributed by atoms with Gasteiger partial charge in [0, 0.05) is 0 Å². The average molecular weight is 363 g/mol. The number of hydrogen-bond donors (Lipinski definition) is 0. The molecule has 7 unspecified atom stereocenters. The van der Waals surface area contributed by atoms with Gasteiger partial charge in [-0.25, -0.2) is 0 Å². The van der Waals surface area contributed by atoms with E-state index in [0.29, 0.717) is 0 Å². The van der Waals surface area contributed by atoms with Gasteiger partial charge in [0.15, 0.2) is 0 Å². The standard InChI is InChI=1S/C26H50/c1-7-9-20(4)24-11-8-10-23(12-13-24)18-26(21(5)16-19(2)3)15-14-25-17-22(25)6/h19-26H,7-18H2,1-6H3. The van der Waals surface area contributed by atoms with Crippen LogP contribution >= 0.6 is 0 Å². The Kier molecular flexibility index (Phi) is 9.53. The van der Waals surface area contributed by atoms with Crippen molar-refractivity contribution in [1.82, 2.24) is 0 Å². The third kappa shape index (κ3) is 7.55. The lowest BCUT2D eigenvalue weighted by Crippen LogP contribution is -2.18. The van der Waals surface area contributed by atoms with Crippen LogP contribution in [0.1, 0.15) is 119 Å². The van der Waals surface area contributed by atoms with Crippen LogP contribution < -0.4 is 0 Å². The van der Waals surface area contributed by atoms with Crippen LogP contribution in [0, 0.1) is 47.3 Å². The van der Waals surface area contributed by atoms with Gasteiger partial charge in [-0.2, -0.15) is 0 Å². The molecule has 0 aliphatic heterocycles. The maximum absolute atomic E-state index is 2.57. The smallest absolute Gasteiger partial charge is 0.0386 e. The molecule has 0 nitrogen and oxygen atoms in total. The second-order valence-electron chi connectivity index (χ2n) is 11.1. The predicted molar refractivity (Wildman–Crippen MR) is 117 cm³/mol. The van der Waals surface area contributed by atoms with Gasteiger partial charge in [-0.3, -0.25) is 0 Å². The third-order valence-electron chi connectivity index (χ3n) is 8.15. The van der Waals surface area contributed by atoms with Gasteiger partial charge in [0.2, 0.25) is 0 Å². The molecule has 0 heteroatoms. The fraction of sp³-hybridized carbons (Fsp3) is 1.00. The second-order valence-corrected chi connectivity index (χ2v) is 11.1. The summed E-state index contributed by atoms with van der Waals surface area (Å²) in [6.45, 7) is 14.8. The van der Waals surface area contributed by atoms with Gasteiger partial charge in [-0.1, -0.05) is 80.1 Å². The molecule has 0 heterocycles. The highest BCUT2D eigenvalue weighted by Crippen LogP contribution is 2.44. The Balaban J connectivity index is 1.84. The fourth-order valence-corrected chi connectivity index (χ4v) is 6.13. The van der Waals surface area contributed by atoms with Crippen LogP contribution in [0.5, 0.6) is 0 Å². The van der Waals surface area contributed by atoms with Crippen LogP contribution in [0.15, 0.2) is 0 Å². The van der Waals surface area contributed by atoms with Crippen molar-refractivity contribution in [2.45, 2.75) is 119 Å². The van der Waals surface area contributed by atoms with E-state index in [1.165, 1.54) is 70.6 Å². The molecule has 2 aliphatic carbocycles. The highest BCUT2D eigenvalue weighted by atomic mass is 14.4. The first-order chi connectivity index (χ1) is 12.4. The Hall–Kier alpha value is 0. The lowest BCUT2D eigenvalue weighted by Gasteiger charge is -2.29. The molecule has 0 N–H and O–H groups in total. The zero-order valence-electron chi connectivity index (χ0n) is 19.1. The van der Waals surface area contributed by atoms with E-state index in [1.54, 1.807) is 6.42 Å². The monoisotopic (exact) mass is 362 g/mol. The van der Waals surface area contributed by atoms with Crippen molar-refractivity contribution in [1.29, 1.82) is 0 Å². The van der Waals surface area contributed by atoms with Crippen LogP contribution in [0.4, 0.5) is 0 Å². The first kappa shape index (κ1) is 22.3. The summed E-state index contributed by atoms with van der Waals surface area (Å²) in [5, 5.41) is 0. The summed E-state index contributed by atoms with van der Waals surface area (Å²) < 4.78 is 0. The summed E-state index contributed by atoms with van der Waals surface area (Å²) in [6.07, 6.45) is 18.0. The van der Waals surface area contributed by atoms with Crippen molar-refractivity contribution in [3.63, 3.8) is 0 Å². The fourth-order valence-electron chi connectivity index (χ4n) is 6.13. The highest BCUT2D eigenvalue weighted by molar-refractivity contribution is 4.84. The molecule has 0 radical (unpaired) electrons.